The summed E-state index contributed by atoms with van der Waals surface area (Å²) >= 11 is 0. The van der Waals surface area contributed by atoms with Crippen molar-refractivity contribution in [1.82, 2.24) is 0 Å². The molecule has 0 aromatic heterocycles. The average molecular weight is 169 g/mol. The summed E-state index contributed by atoms with van der Waals surface area (Å²) in [6, 6.07) is 0. The first-order valence-corrected chi connectivity index (χ1v) is 4.21. The smallest absolute Gasteiger partial charge is 0.246 e. The highest BCUT2D eigenvalue weighted by Crippen LogP contribution is 2.17. The van der Waals surface area contributed by atoms with Gasteiger partial charge in [0.25, 0.3) is 0 Å². The maximum Gasteiger partial charge on any atom is 0.246 e. The molecular weight excluding hydrogens is 154 g/mol. The SMILES string of the molecule is CC.CC1=CC=C([N+](=O)[O-])CC1. The van der Waals surface area contributed by atoms with Crippen molar-refractivity contribution < 1.29 is 4.92 Å². The maximum atomic E-state index is 10.2. The van der Waals surface area contributed by atoms with Gasteiger partial charge in [-0.2, -0.15) is 0 Å². The Balaban J connectivity index is 0.000000561. The zero-order valence-corrected chi connectivity index (χ0v) is 7.83. The van der Waals surface area contributed by atoms with E-state index in [1.165, 1.54) is 5.57 Å². The Hall–Kier alpha value is -1.12. The van der Waals surface area contributed by atoms with E-state index >= 15 is 0 Å². The van der Waals surface area contributed by atoms with Crippen molar-refractivity contribution in [3.05, 3.63) is 33.5 Å². The van der Waals surface area contributed by atoms with Gasteiger partial charge < -0.3 is 0 Å². The van der Waals surface area contributed by atoms with E-state index in [0.29, 0.717) is 12.1 Å². The van der Waals surface area contributed by atoms with Gasteiger partial charge >= 0.3 is 0 Å². The van der Waals surface area contributed by atoms with Crippen molar-refractivity contribution in [2.24, 2.45) is 0 Å². The van der Waals surface area contributed by atoms with Gasteiger partial charge in [0.1, 0.15) is 0 Å². The molecule has 0 saturated heterocycles. The van der Waals surface area contributed by atoms with E-state index in [4.69, 9.17) is 0 Å². The minimum absolute atomic E-state index is 0.317. The molecule has 0 fully saturated rings. The number of rotatable bonds is 1. The predicted molar refractivity (Wildman–Crippen MR) is 49.4 cm³/mol. The van der Waals surface area contributed by atoms with Gasteiger partial charge in [-0.05, 0) is 13.3 Å². The van der Waals surface area contributed by atoms with E-state index in [2.05, 4.69) is 0 Å². The van der Waals surface area contributed by atoms with E-state index in [9.17, 15) is 10.1 Å². The Morgan fingerprint density at radius 3 is 2.25 bits per heavy atom. The molecule has 68 valence electrons. The zero-order chi connectivity index (χ0) is 9.56. The average Bonchev–Trinajstić information content (AvgIpc) is 2.09. The molecular formula is C9H15NO2. The summed E-state index contributed by atoms with van der Waals surface area (Å²) in [6.45, 7) is 5.98. The van der Waals surface area contributed by atoms with Crippen LogP contribution in [0, 0.1) is 10.1 Å². The van der Waals surface area contributed by atoms with Crippen LogP contribution in [0.1, 0.15) is 33.6 Å². The first kappa shape index (κ1) is 10.9. The fourth-order valence-electron chi connectivity index (χ4n) is 0.883. The molecule has 0 spiro atoms. The van der Waals surface area contributed by atoms with Gasteiger partial charge in [-0.1, -0.05) is 25.5 Å². The summed E-state index contributed by atoms with van der Waals surface area (Å²) in [4.78, 5) is 9.85. The maximum absolute atomic E-state index is 10.2. The second-order valence-electron chi connectivity index (χ2n) is 2.43. The molecule has 0 heterocycles. The second-order valence-corrected chi connectivity index (χ2v) is 2.43. The quantitative estimate of drug-likeness (QED) is 0.447. The minimum atomic E-state index is -0.317. The number of nitro groups is 1. The lowest BCUT2D eigenvalue weighted by Crippen LogP contribution is -2.01. The van der Waals surface area contributed by atoms with Crippen molar-refractivity contribution in [3.63, 3.8) is 0 Å². The van der Waals surface area contributed by atoms with Crippen LogP contribution < -0.4 is 0 Å². The second kappa shape index (κ2) is 5.52. The summed E-state index contributed by atoms with van der Waals surface area (Å²) in [5.41, 5.74) is 1.54. The Bertz CT molecular complexity index is 217. The Morgan fingerprint density at radius 2 is 1.92 bits per heavy atom. The van der Waals surface area contributed by atoms with Crippen LogP contribution in [0.3, 0.4) is 0 Å². The van der Waals surface area contributed by atoms with Gasteiger partial charge in [0, 0.05) is 12.5 Å². The fraction of sp³-hybridized carbons (Fsp3) is 0.556. The fourth-order valence-corrected chi connectivity index (χ4v) is 0.883. The molecule has 0 atom stereocenters. The molecule has 0 aliphatic heterocycles. The lowest BCUT2D eigenvalue weighted by molar-refractivity contribution is -0.428. The summed E-state index contributed by atoms with van der Waals surface area (Å²) in [5, 5.41) is 10.2. The molecule has 0 aromatic rings. The van der Waals surface area contributed by atoms with E-state index in [1.807, 2.05) is 26.8 Å². The van der Waals surface area contributed by atoms with Gasteiger partial charge in [-0.3, -0.25) is 10.1 Å². The third kappa shape index (κ3) is 3.32. The largest absolute Gasteiger partial charge is 0.259 e. The van der Waals surface area contributed by atoms with Crippen molar-refractivity contribution in [1.29, 1.82) is 0 Å². The van der Waals surface area contributed by atoms with Crippen molar-refractivity contribution in [3.8, 4) is 0 Å². The van der Waals surface area contributed by atoms with Gasteiger partial charge in [-0.15, -0.1) is 0 Å². The molecule has 1 rings (SSSR count). The molecule has 0 saturated carbocycles. The first-order valence-electron chi connectivity index (χ1n) is 4.21. The molecule has 3 nitrogen and oxygen atoms in total. The van der Waals surface area contributed by atoms with Crippen molar-refractivity contribution >= 4 is 0 Å². The summed E-state index contributed by atoms with van der Waals surface area (Å²) < 4.78 is 0. The molecule has 0 bridgehead atoms. The molecule has 1 aliphatic carbocycles. The van der Waals surface area contributed by atoms with Gasteiger partial charge in [0.15, 0.2) is 0 Å². The van der Waals surface area contributed by atoms with Crippen LogP contribution >= 0.6 is 0 Å². The molecule has 0 aromatic carbocycles. The molecule has 3 heteroatoms. The minimum Gasteiger partial charge on any atom is -0.259 e. The summed E-state index contributed by atoms with van der Waals surface area (Å²) in [7, 11) is 0. The van der Waals surface area contributed by atoms with Crippen LogP contribution in [0.5, 0.6) is 0 Å². The van der Waals surface area contributed by atoms with E-state index in [1.54, 1.807) is 6.08 Å². The molecule has 0 amide bonds. The lowest BCUT2D eigenvalue weighted by atomic mass is 10.0. The van der Waals surface area contributed by atoms with Crippen LogP contribution in [0.4, 0.5) is 0 Å². The van der Waals surface area contributed by atoms with Crippen LogP contribution in [0.15, 0.2) is 23.4 Å². The van der Waals surface area contributed by atoms with E-state index < -0.39 is 0 Å². The highest BCUT2D eigenvalue weighted by Gasteiger charge is 2.12. The highest BCUT2D eigenvalue weighted by molar-refractivity contribution is 5.18. The Morgan fingerprint density at radius 1 is 1.33 bits per heavy atom. The molecule has 12 heavy (non-hydrogen) atoms. The van der Waals surface area contributed by atoms with E-state index in [0.717, 1.165) is 6.42 Å². The van der Waals surface area contributed by atoms with Gasteiger partial charge in [-0.25, -0.2) is 0 Å². The van der Waals surface area contributed by atoms with Gasteiger partial charge in [0.05, 0.1) is 4.92 Å². The van der Waals surface area contributed by atoms with Crippen LogP contribution in [-0.2, 0) is 0 Å². The monoisotopic (exact) mass is 169 g/mol. The Labute approximate surface area is 72.9 Å². The summed E-state index contributed by atoms with van der Waals surface area (Å²) in [6.07, 6.45) is 4.79. The topological polar surface area (TPSA) is 43.1 Å². The number of allylic oxidation sites excluding steroid dienone is 4. The van der Waals surface area contributed by atoms with Gasteiger partial charge in [0.2, 0.25) is 5.70 Å². The zero-order valence-electron chi connectivity index (χ0n) is 7.83. The third-order valence-electron chi connectivity index (χ3n) is 1.57. The molecule has 0 N–H and O–H groups in total. The predicted octanol–water partition coefficient (Wildman–Crippen LogP) is 2.91. The molecule has 1 aliphatic rings. The number of hydrogen-bond donors (Lipinski definition) is 0. The van der Waals surface area contributed by atoms with Crippen LogP contribution in [-0.4, -0.2) is 4.92 Å². The normalized spacial score (nSPS) is 15.2. The van der Waals surface area contributed by atoms with Crippen LogP contribution in [0.25, 0.3) is 0 Å². The third-order valence-corrected chi connectivity index (χ3v) is 1.57. The first-order chi connectivity index (χ1) is 5.70. The number of hydrogen-bond acceptors (Lipinski definition) is 2. The molecule has 0 unspecified atom stereocenters. The van der Waals surface area contributed by atoms with Crippen molar-refractivity contribution in [2.75, 3.05) is 0 Å². The number of nitrogens with zero attached hydrogens (tertiary/aromatic N) is 1. The Kier molecular flexibility index (Phi) is 5.00. The van der Waals surface area contributed by atoms with Crippen LogP contribution in [0.2, 0.25) is 0 Å². The molecule has 0 radical (unpaired) electrons. The summed E-state index contributed by atoms with van der Waals surface area (Å²) in [5.74, 6) is 0. The lowest BCUT2D eigenvalue weighted by Gasteiger charge is -2.03. The van der Waals surface area contributed by atoms with Crippen molar-refractivity contribution in [2.45, 2.75) is 33.6 Å². The standard InChI is InChI=1S/C7H9NO2.C2H6/c1-6-2-4-7(5-3-6)8(9)10;1-2/h2,4H,3,5H2,1H3;1-2H3. The van der Waals surface area contributed by atoms with E-state index in [-0.39, 0.29) is 4.92 Å². The highest BCUT2D eigenvalue weighted by atomic mass is 16.6.